The summed E-state index contributed by atoms with van der Waals surface area (Å²) >= 11 is 0. The summed E-state index contributed by atoms with van der Waals surface area (Å²) in [5, 5.41) is 7.06. The van der Waals surface area contributed by atoms with Gasteiger partial charge in [-0.1, -0.05) is 5.16 Å². The summed E-state index contributed by atoms with van der Waals surface area (Å²) in [6.07, 6.45) is 8.15. The highest BCUT2D eigenvalue weighted by molar-refractivity contribution is 5.76. The topological polar surface area (TPSA) is 84.2 Å². The third-order valence-corrected chi connectivity index (χ3v) is 4.52. The van der Waals surface area contributed by atoms with Crippen LogP contribution in [0.3, 0.4) is 0 Å². The molecule has 3 rings (SSSR count). The van der Waals surface area contributed by atoms with Crippen LogP contribution in [0.1, 0.15) is 36.3 Å². The number of carbonyl (C=O) groups is 1. The van der Waals surface area contributed by atoms with Crippen molar-refractivity contribution >= 4 is 11.7 Å². The van der Waals surface area contributed by atoms with Crippen molar-refractivity contribution in [1.29, 1.82) is 0 Å². The Kier molecular flexibility index (Phi) is 5.08. The summed E-state index contributed by atoms with van der Waals surface area (Å²) in [6.45, 7) is 5.56. The van der Waals surface area contributed by atoms with Gasteiger partial charge in [-0.25, -0.2) is 4.98 Å². The van der Waals surface area contributed by atoms with Crippen molar-refractivity contribution in [2.24, 2.45) is 0 Å². The number of hydrogen-bond acceptors (Lipinski definition) is 6. The number of nitrogens with zero attached hydrogens (tertiary/aromatic N) is 4. The molecule has 0 unspecified atom stereocenters. The fraction of sp³-hybridized carbons (Fsp3) is 0.529. The molecule has 3 heterocycles. The Labute approximate surface area is 141 Å². The molecule has 1 aliphatic rings. The number of aryl methyl sites for hydroxylation is 2. The minimum Gasteiger partial charge on any atom is -0.361 e. The van der Waals surface area contributed by atoms with Gasteiger partial charge in [-0.15, -0.1) is 0 Å². The maximum atomic E-state index is 12.2. The number of amides is 1. The Morgan fingerprint density at radius 2 is 2.12 bits per heavy atom. The van der Waals surface area contributed by atoms with Crippen LogP contribution in [0.4, 0.5) is 5.82 Å². The molecule has 0 atom stereocenters. The second-order valence-electron chi connectivity index (χ2n) is 6.20. The van der Waals surface area contributed by atoms with Gasteiger partial charge in [0.1, 0.15) is 11.6 Å². The van der Waals surface area contributed by atoms with Gasteiger partial charge in [0.15, 0.2) is 0 Å². The molecule has 24 heavy (non-hydrogen) atoms. The summed E-state index contributed by atoms with van der Waals surface area (Å²) in [5.74, 6) is 1.80. The summed E-state index contributed by atoms with van der Waals surface area (Å²) in [5.41, 5.74) is 1.92. The van der Waals surface area contributed by atoms with Gasteiger partial charge in [-0.2, -0.15) is 0 Å². The van der Waals surface area contributed by atoms with Crippen molar-refractivity contribution in [3.8, 4) is 0 Å². The maximum Gasteiger partial charge on any atom is 0.220 e. The predicted molar refractivity (Wildman–Crippen MR) is 89.7 cm³/mol. The molecular formula is C17H23N5O2. The molecule has 1 saturated heterocycles. The minimum atomic E-state index is 0.0907. The summed E-state index contributed by atoms with van der Waals surface area (Å²) in [7, 11) is 0. The zero-order valence-electron chi connectivity index (χ0n) is 14.2. The fourth-order valence-corrected chi connectivity index (χ4v) is 3.10. The van der Waals surface area contributed by atoms with E-state index in [1.807, 2.05) is 13.8 Å². The summed E-state index contributed by atoms with van der Waals surface area (Å²) in [6, 6.07) is 0.232. The number of piperidine rings is 1. The van der Waals surface area contributed by atoms with Crippen molar-refractivity contribution in [2.45, 2.75) is 45.6 Å². The third-order valence-electron chi connectivity index (χ3n) is 4.52. The molecule has 7 heteroatoms. The first kappa shape index (κ1) is 16.4. The molecule has 1 aliphatic heterocycles. The Morgan fingerprint density at radius 1 is 1.33 bits per heavy atom. The van der Waals surface area contributed by atoms with E-state index in [-0.39, 0.29) is 11.9 Å². The highest BCUT2D eigenvalue weighted by Gasteiger charge is 2.21. The highest BCUT2D eigenvalue weighted by Crippen LogP contribution is 2.17. The van der Waals surface area contributed by atoms with Gasteiger partial charge in [0.2, 0.25) is 5.91 Å². The van der Waals surface area contributed by atoms with Crippen LogP contribution in [0.15, 0.2) is 23.1 Å². The van der Waals surface area contributed by atoms with Gasteiger partial charge in [-0.3, -0.25) is 9.78 Å². The van der Waals surface area contributed by atoms with E-state index in [1.54, 1.807) is 18.6 Å². The molecule has 1 fully saturated rings. The van der Waals surface area contributed by atoms with Crippen molar-refractivity contribution < 1.29 is 9.32 Å². The van der Waals surface area contributed by atoms with Gasteiger partial charge in [0.05, 0.1) is 11.9 Å². The molecule has 0 spiro atoms. The fourth-order valence-electron chi connectivity index (χ4n) is 3.10. The maximum absolute atomic E-state index is 12.2. The zero-order valence-corrected chi connectivity index (χ0v) is 14.2. The molecule has 2 aromatic heterocycles. The van der Waals surface area contributed by atoms with Gasteiger partial charge in [0, 0.05) is 43.5 Å². The Hall–Kier alpha value is -2.44. The van der Waals surface area contributed by atoms with Gasteiger partial charge in [0.25, 0.3) is 0 Å². The Morgan fingerprint density at radius 3 is 2.75 bits per heavy atom. The second kappa shape index (κ2) is 7.42. The third kappa shape index (κ3) is 3.90. The lowest BCUT2D eigenvalue weighted by molar-refractivity contribution is -0.121. The van der Waals surface area contributed by atoms with E-state index < -0.39 is 0 Å². The number of nitrogens with one attached hydrogen (secondary N) is 1. The molecule has 1 N–H and O–H groups in total. The Bertz CT molecular complexity index is 658. The molecule has 0 aromatic carbocycles. The van der Waals surface area contributed by atoms with E-state index in [9.17, 15) is 4.79 Å². The van der Waals surface area contributed by atoms with Crippen LogP contribution in [-0.4, -0.2) is 40.2 Å². The van der Waals surface area contributed by atoms with E-state index >= 15 is 0 Å². The molecule has 0 aliphatic carbocycles. The van der Waals surface area contributed by atoms with Crippen LogP contribution < -0.4 is 10.2 Å². The summed E-state index contributed by atoms with van der Waals surface area (Å²) in [4.78, 5) is 22.8. The van der Waals surface area contributed by atoms with E-state index in [4.69, 9.17) is 4.52 Å². The van der Waals surface area contributed by atoms with Crippen LogP contribution in [0, 0.1) is 13.8 Å². The molecule has 0 bridgehead atoms. The normalized spacial score (nSPS) is 15.5. The lowest BCUT2D eigenvalue weighted by Gasteiger charge is -2.32. The minimum absolute atomic E-state index is 0.0907. The van der Waals surface area contributed by atoms with Crippen molar-refractivity contribution in [3.05, 3.63) is 35.6 Å². The van der Waals surface area contributed by atoms with Crippen molar-refractivity contribution in [2.75, 3.05) is 18.0 Å². The average molecular weight is 329 g/mol. The first-order valence-corrected chi connectivity index (χ1v) is 8.35. The average Bonchev–Trinajstić information content (AvgIpc) is 2.93. The van der Waals surface area contributed by atoms with E-state index in [0.29, 0.717) is 12.8 Å². The monoisotopic (exact) mass is 329 g/mol. The number of anilines is 1. The SMILES string of the molecule is Cc1noc(C)c1CCC(=O)NC1CCN(c2cnccn2)CC1. The zero-order chi connectivity index (χ0) is 16.9. The first-order valence-electron chi connectivity index (χ1n) is 8.35. The van der Waals surface area contributed by atoms with Gasteiger partial charge < -0.3 is 14.7 Å². The second-order valence-corrected chi connectivity index (χ2v) is 6.20. The number of aromatic nitrogens is 3. The predicted octanol–water partition coefficient (Wildman–Crippen LogP) is 1.80. The lowest BCUT2D eigenvalue weighted by atomic mass is 10.0. The quantitative estimate of drug-likeness (QED) is 0.900. The number of rotatable bonds is 5. The first-order chi connectivity index (χ1) is 11.6. The van der Waals surface area contributed by atoms with Crippen LogP contribution in [0.2, 0.25) is 0 Å². The van der Waals surface area contributed by atoms with Gasteiger partial charge in [-0.05, 0) is 33.1 Å². The van der Waals surface area contributed by atoms with Crippen LogP contribution in [-0.2, 0) is 11.2 Å². The van der Waals surface area contributed by atoms with Gasteiger partial charge >= 0.3 is 0 Å². The van der Waals surface area contributed by atoms with E-state index in [2.05, 4.69) is 25.3 Å². The smallest absolute Gasteiger partial charge is 0.220 e. The summed E-state index contributed by atoms with van der Waals surface area (Å²) < 4.78 is 5.13. The lowest BCUT2D eigenvalue weighted by Crippen LogP contribution is -2.45. The molecule has 0 radical (unpaired) electrons. The van der Waals surface area contributed by atoms with Crippen LogP contribution in [0.25, 0.3) is 0 Å². The van der Waals surface area contributed by atoms with E-state index in [1.165, 1.54) is 0 Å². The van der Waals surface area contributed by atoms with Crippen molar-refractivity contribution in [3.63, 3.8) is 0 Å². The number of carbonyl (C=O) groups excluding carboxylic acids is 1. The molecule has 7 nitrogen and oxygen atoms in total. The standard InChI is InChI=1S/C17H23N5O2/c1-12-15(13(2)24-21-12)3-4-17(23)20-14-5-9-22(10-6-14)16-11-18-7-8-19-16/h7-8,11,14H,3-6,9-10H2,1-2H3,(H,20,23). The largest absolute Gasteiger partial charge is 0.361 e. The van der Waals surface area contributed by atoms with E-state index in [0.717, 1.165) is 48.8 Å². The van der Waals surface area contributed by atoms with Crippen molar-refractivity contribution in [1.82, 2.24) is 20.4 Å². The molecule has 2 aromatic rings. The Balaban J connectivity index is 1.43. The molecule has 1 amide bonds. The van der Waals surface area contributed by atoms with Crippen LogP contribution in [0.5, 0.6) is 0 Å². The highest BCUT2D eigenvalue weighted by atomic mass is 16.5. The molecule has 128 valence electrons. The van der Waals surface area contributed by atoms with Crippen LogP contribution >= 0.6 is 0 Å². The molecule has 0 saturated carbocycles. The number of hydrogen-bond donors (Lipinski definition) is 1. The molecular weight excluding hydrogens is 306 g/mol.